The molecule has 0 aliphatic carbocycles. The summed E-state index contributed by atoms with van der Waals surface area (Å²) < 4.78 is 6.92. The average Bonchev–Trinajstić information content (AvgIpc) is 2.91. The first-order valence-corrected chi connectivity index (χ1v) is 12.1. The summed E-state index contributed by atoms with van der Waals surface area (Å²) in [5, 5.41) is 0.552. The minimum atomic E-state index is -0.381. The van der Waals surface area contributed by atoms with Crippen LogP contribution in [0.3, 0.4) is 0 Å². The predicted molar refractivity (Wildman–Crippen MR) is 139 cm³/mol. The lowest BCUT2D eigenvalue weighted by atomic mass is 10.1. The molecule has 1 amide bonds. The first kappa shape index (κ1) is 24.2. The normalized spacial score (nSPS) is 11.9. The Labute approximate surface area is 205 Å². The van der Waals surface area contributed by atoms with E-state index in [0.717, 1.165) is 18.5 Å². The molecule has 3 aromatic carbocycles. The molecule has 0 spiro atoms. The molecule has 180 valence electrons. The van der Waals surface area contributed by atoms with E-state index in [-0.39, 0.29) is 17.5 Å². The highest BCUT2D eigenvalue weighted by molar-refractivity contribution is 5.94. The number of nitrogens with zero attached hydrogens (tertiary/aromatic N) is 3. The number of methoxy groups -OCH3 is 1. The third-order valence-corrected chi connectivity index (χ3v) is 6.23. The second kappa shape index (κ2) is 11.0. The van der Waals surface area contributed by atoms with E-state index < -0.39 is 0 Å². The zero-order valence-corrected chi connectivity index (χ0v) is 20.5. The van der Waals surface area contributed by atoms with E-state index >= 15 is 0 Å². The summed E-state index contributed by atoms with van der Waals surface area (Å²) >= 11 is 0. The van der Waals surface area contributed by atoms with Crippen molar-refractivity contribution < 1.29 is 9.53 Å². The molecule has 1 heterocycles. The van der Waals surface area contributed by atoms with Crippen LogP contribution in [0.4, 0.5) is 0 Å². The zero-order chi connectivity index (χ0) is 24.8. The molecule has 1 aromatic heterocycles. The van der Waals surface area contributed by atoms with E-state index in [9.17, 15) is 9.59 Å². The molecule has 0 N–H and O–H groups in total. The number of benzene rings is 3. The first-order chi connectivity index (χ1) is 17.1. The number of para-hydroxylation sites is 2. The van der Waals surface area contributed by atoms with Gasteiger partial charge in [-0.05, 0) is 61.4 Å². The Hall–Kier alpha value is -3.93. The number of fused-ring (bicyclic) bond motifs is 1. The fourth-order valence-corrected chi connectivity index (χ4v) is 4.37. The number of ether oxygens (including phenoxy) is 1. The van der Waals surface area contributed by atoms with Crippen LogP contribution in [0.2, 0.25) is 0 Å². The zero-order valence-electron chi connectivity index (χ0n) is 20.5. The second-order valence-corrected chi connectivity index (χ2v) is 8.47. The molecule has 6 nitrogen and oxygen atoms in total. The molecule has 0 bridgehead atoms. The van der Waals surface area contributed by atoms with Gasteiger partial charge in [0.05, 0.1) is 29.7 Å². The highest BCUT2D eigenvalue weighted by Gasteiger charge is 2.29. The summed E-state index contributed by atoms with van der Waals surface area (Å²) in [6.45, 7) is 4.70. The van der Waals surface area contributed by atoms with Gasteiger partial charge in [-0.15, -0.1) is 0 Å². The summed E-state index contributed by atoms with van der Waals surface area (Å²) in [5.74, 6) is 1.18. The highest BCUT2D eigenvalue weighted by Crippen LogP contribution is 2.28. The van der Waals surface area contributed by atoms with Crippen molar-refractivity contribution in [3.8, 4) is 11.4 Å². The quantitative estimate of drug-likeness (QED) is 0.311. The van der Waals surface area contributed by atoms with E-state index in [1.54, 1.807) is 42.0 Å². The van der Waals surface area contributed by atoms with Crippen molar-refractivity contribution in [2.75, 3.05) is 13.7 Å². The second-order valence-electron chi connectivity index (χ2n) is 8.47. The number of rotatable bonds is 9. The van der Waals surface area contributed by atoms with Gasteiger partial charge in [0.1, 0.15) is 11.6 Å². The fraction of sp³-hybridized carbons (Fsp3) is 0.276. The Kier molecular flexibility index (Phi) is 7.60. The van der Waals surface area contributed by atoms with Crippen LogP contribution in [-0.2, 0) is 0 Å². The van der Waals surface area contributed by atoms with E-state index in [1.165, 1.54) is 0 Å². The number of hydrogen-bond acceptors (Lipinski definition) is 4. The van der Waals surface area contributed by atoms with Crippen molar-refractivity contribution in [1.29, 1.82) is 0 Å². The van der Waals surface area contributed by atoms with E-state index in [1.807, 2.05) is 60.4 Å². The maximum Gasteiger partial charge on any atom is 0.266 e. The Morgan fingerprint density at radius 1 is 0.971 bits per heavy atom. The van der Waals surface area contributed by atoms with Crippen LogP contribution in [0.5, 0.6) is 5.75 Å². The maximum absolute atomic E-state index is 13.8. The third kappa shape index (κ3) is 4.97. The molecule has 0 saturated carbocycles. The van der Waals surface area contributed by atoms with Crippen LogP contribution in [-0.4, -0.2) is 34.0 Å². The Bertz CT molecular complexity index is 1350. The summed E-state index contributed by atoms with van der Waals surface area (Å²) in [5.41, 5.74) is 1.80. The largest absolute Gasteiger partial charge is 0.497 e. The molecule has 0 saturated heterocycles. The number of unbranched alkanes of at least 4 members (excludes halogenated alkanes) is 1. The van der Waals surface area contributed by atoms with Gasteiger partial charge in [-0.25, -0.2) is 4.98 Å². The van der Waals surface area contributed by atoms with Gasteiger partial charge in [0.2, 0.25) is 0 Å². The molecule has 4 aromatic rings. The Balaban J connectivity index is 1.89. The molecule has 0 radical (unpaired) electrons. The lowest BCUT2D eigenvalue weighted by Crippen LogP contribution is -2.39. The maximum atomic E-state index is 13.8. The molecular weight excluding hydrogens is 438 g/mol. The first-order valence-electron chi connectivity index (χ1n) is 12.1. The molecule has 35 heavy (non-hydrogen) atoms. The molecule has 1 atom stereocenters. The van der Waals surface area contributed by atoms with Crippen molar-refractivity contribution in [1.82, 2.24) is 14.5 Å². The molecule has 4 rings (SSSR count). The van der Waals surface area contributed by atoms with Crippen molar-refractivity contribution in [2.24, 2.45) is 0 Å². The van der Waals surface area contributed by atoms with Crippen molar-refractivity contribution in [3.63, 3.8) is 0 Å². The smallest absolute Gasteiger partial charge is 0.266 e. The molecule has 0 aliphatic heterocycles. The third-order valence-electron chi connectivity index (χ3n) is 6.23. The van der Waals surface area contributed by atoms with Crippen LogP contribution in [0.15, 0.2) is 83.7 Å². The van der Waals surface area contributed by atoms with Gasteiger partial charge in [0.15, 0.2) is 0 Å². The summed E-state index contributed by atoms with van der Waals surface area (Å²) in [6.07, 6.45) is 2.41. The van der Waals surface area contributed by atoms with Crippen LogP contribution < -0.4 is 10.3 Å². The number of aromatic nitrogens is 2. The van der Waals surface area contributed by atoms with E-state index in [0.29, 0.717) is 41.0 Å². The van der Waals surface area contributed by atoms with Gasteiger partial charge in [-0.1, -0.05) is 50.6 Å². The predicted octanol–water partition coefficient (Wildman–Crippen LogP) is 5.79. The summed E-state index contributed by atoms with van der Waals surface area (Å²) in [7, 11) is 1.60. The topological polar surface area (TPSA) is 64.4 Å². The monoisotopic (exact) mass is 469 g/mol. The summed E-state index contributed by atoms with van der Waals surface area (Å²) in [6, 6.07) is 23.7. The van der Waals surface area contributed by atoms with Crippen molar-refractivity contribution >= 4 is 16.8 Å². The average molecular weight is 470 g/mol. The number of carbonyl (C=O) groups excluding carboxylic acids is 1. The van der Waals surface area contributed by atoms with Crippen molar-refractivity contribution in [2.45, 2.75) is 39.2 Å². The number of hydrogen-bond donors (Lipinski definition) is 0. The van der Waals surface area contributed by atoms with Crippen LogP contribution in [0.1, 0.15) is 55.3 Å². The lowest BCUT2D eigenvalue weighted by molar-refractivity contribution is 0.0656. The molecule has 0 fully saturated rings. The van der Waals surface area contributed by atoms with Crippen molar-refractivity contribution in [3.05, 3.63) is 101 Å². The molecular formula is C29H31N3O3. The van der Waals surface area contributed by atoms with Gasteiger partial charge in [0.25, 0.3) is 11.5 Å². The highest BCUT2D eigenvalue weighted by atomic mass is 16.5. The van der Waals surface area contributed by atoms with Crippen LogP contribution in [0, 0.1) is 0 Å². The standard InChI is InChI=1S/C29H31N3O3/c1-4-6-20-31(28(33)21-16-18-23(35-3)19-17-21)26(5-2)27-30-25-15-11-10-14-24(25)29(34)32(27)22-12-8-7-9-13-22/h7-19,26H,4-6,20H2,1-3H3. The fourth-order valence-electron chi connectivity index (χ4n) is 4.37. The minimum Gasteiger partial charge on any atom is -0.497 e. The summed E-state index contributed by atoms with van der Waals surface area (Å²) in [4.78, 5) is 34.3. The Morgan fingerprint density at radius 2 is 1.66 bits per heavy atom. The van der Waals surface area contributed by atoms with Crippen LogP contribution >= 0.6 is 0 Å². The van der Waals surface area contributed by atoms with E-state index in [2.05, 4.69) is 6.92 Å². The van der Waals surface area contributed by atoms with Gasteiger partial charge in [-0.2, -0.15) is 0 Å². The Morgan fingerprint density at radius 3 is 2.31 bits per heavy atom. The SMILES string of the molecule is CCCCN(C(=O)c1ccc(OC)cc1)C(CC)c1nc2ccccc2c(=O)n1-c1ccccc1. The number of amides is 1. The lowest BCUT2D eigenvalue weighted by Gasteiger charge is -2.32. The van der Waals surface area contributed by atoms with E-state index in [4.69, 9.17) is 9.72 Å². The molecule has 0 aliphatic rings. The molecule has 1 unspecified atom stereocenters. The number of carbonyl (C=O) groups is 1. The van der Waals surface area contributed by atoms with Gasteiger partial charge >= 0.3 is 0 Å². The molecule has 6 heteroatoms. The minimum absolute atomic E-state index is 0.0880. The van der Waals surface area contributed by atoms with Gasteiger partial charge in [0, 0.05) is 12.1 Å². The van der Waals surface area contributed by atoms with Gasteiger partial charge in [-0.3, -0.25) is 14.2 Å². The van der Waals surface area contributed by atoms with Gasteiger partial charge < -0.3 is 9.64 Å². The van der Waals surface area contributed by atoms with Crippen LogP contribution in [0.25, 0.3) is 16.6 Å².